The average molecular weight is 209 g/mol. The van der Waals surface area contributed by atoms with Gasteiger partial charge in [-0.05, 0) is 18.8 Å². The first-order valence-corrected chi connectivity index (χ1v) is 5.00. The molecule has 82 valence electrons. The van der Waals surface area contributed by atoms with E-state index in [0.717, 1.165) is 0 Å². The Bertz CT molecular complexity index is 305. The molecule has 1 aliphatic carbocycles. The fourth-order valence-corrected chi connectivity index (χ4v) is 2.12. The van der Waals surface area contributed by atoms with Crippen LogP contribution in [0.2, 0.25) is 0 Å². The van der Waals surface area contributed by atoms with Crippen molar-refractivity contribution in [3.8, 4) is 12.3 Å². The summed E-state index contributed by atoms with van der Waals surface area (Å²) in [5.41, 5.74) is 0. The molecule has 3 atom stereocenters. The highest BCUT2D eigenvalue weighted by molar-refractivity contribution is 5.85. The van der Waals surface area contributed by atoms with Crippen LogP contribution in [0.3, 0.4) is 0 Å². The molecule has 0 aromatic rings. The topological polar surface area (TPSA) is 66.4 Å². The fourth-order valence-electron chi connectivity index (χ4n) is 2.12. The molecule has 2 N–H and O–H groups in total. The number of nitrogens with one attached hydrogen (secondary N) is 1. The number of carboxylic acids is 1. The normalized spacial score (nSPS) is 29.5. The second kappa shape index (κ2) is 4.83. The molecule has 0 aliphatic heterocycles. The number of carboxylic acid groups (broad SMARTS) is 1. The maximum atomic E-state index is 11.6. The zero-order valence-electron chi connectivity index (χ0n) is 8.69. The Labute approximate surface area is 89.0 Å². The first-order valence-electron chi connectivity index (χ1n) is 5.00. The highest BCUT2D eigenvalue weighted by atomic mass is 16.4. The van der Waals surface area contributed by atoms with Gasteiger partial charge in [0.25, 0.3) is 0 Å². The van der Waals surface area contributed by atoms with E-state index < -0.39 is 17.8 Å². The molecule has 1 aliphatic rings. The number of aliphatic carboxylic acids is 1. The molecular weight excluding hydrogens is 194 g/mol. The van der Waals surface area contributed by atoms with Crippen molar-refractivity contribution in [2.75, 3.05) is 6.54 Å². The van der Waals surface area contributed by atoms with Gasteiger partial charge in [0.2, 0.25) is 5.91 Å². The SMILES string of the molecule is C#CCNC(=O)C1CC(C)CC1C(=O)O. The summed E-state index contributed by atoms with van der Waals surface area (Å²) < 4.78 is 0. The number of hydrogen-bond donors (Lipinski definition) is 2. The van der Waals surface area contributed by atoms with Crippen LogP contribution in [0, 0.1) is 30.1 Å². The molecule has 0 saturated heterocycles. The van der Waals surface area contributed by atoms with Crippen molar-refractivity contribution in [3.05, 3.63) is 0 Å². The summed E-state index contributed by atoms with van der Waals surface area (Å²) in [6.45, 7) is 2.13. The van der Waals surface area contributed by atoms with Crippen LogP contribution in [0.4, 0.5) is 0 Å². The van der Waals surface area contributed by atoms with Gasteiger partial charge in [-0.15, -0.1) is 6.42 Å². The maximum Gasteiger partial charge on any atom is 0.307 e. The molecule has 0 aromatic carbocycles. The minimum absolute atomic E-state index is 0.163. The summed E-state index contributed by atoms with van der Waals surface area (Å²) in [6, 6.07) is 0. The molecule has 0 radical (unpaired) electrons. The Hall–Kier alpha value is -1.50. The molecule has 0 spiro atoms. The Morgan fingerprint density at radius 2 is 2.07 bits per heavy atom. The molecule has 4 nitrogen and oxygen atoms in total. The van der Waals surface area contributed by atoms with E-state index in [2.05, 4.69) is 11.2 Å². The third kappa shape index (κ3) is 2.72. The van der Waals surface area contributed by atoms with Crippen molar-refractivity contribution in [1.82, 2.24) is 5.32 Å². The van der Waals surface area contributed by atoms with Gasteiger partial charge in [0.05, 0.1) is 18.4 Å². The first kappa shape index (κ1) is 11.6. The molecule has 4 heteroatoms. The smallest absolute Gasteiger partial charge is 0.307 e. The quantitative estimate of drug-likeness (QED) is 0.664. The molecule has 1 saturated carbocycles. The molecule has 3 unspecified atom stereocenters. The average Bonchev–Trinajstić information content (AvgIpc) is 2.57. The Balaban J connectivity index is 2.63. The molecule has 0 bridgehead atoms. The van der Waals surface area contributed by atoms with E-state index in [0.29, 0.717) is 12.8 Å². The van der Waals surface area contributed by atoms with Gasteiger partial charge in [0, 0.05) is 0 Å². The highest BCUT2D eigenvalue weighted by Crippen LogP contribution is 2.36. The summed E-state index contributed by atoms with van der Waals surface area (Å²) in [5, 5.41) is 11.5. The number of rotatable bonds is 3. The maximum absolute atomic E-state index is 11.6. The Kier molecular flexibility index (Phi) is 3.73. The Morgan fingerprint density at radius 3 is 2.60 bits per heavy atom. The van der Waals surface area contributed by atoms with Crippen LogP contribution >= 0.6 is 0 Å². The molecule has 1 fully saturated rings. The highest BCUT2D eigenvalue weighted by Gasteiger charge is 2.40. The standard InChI is InChI=1S/C11H15NO3/c1-3-4-12-10(13)8-5-7(2)6-9(8)11(14)15/h1,7-9H,4-6H2,2H3,(H,12,13)(H,14,15). The van der Waals surface area contributed by atoms with Gasteiger partial charge in [-0.1, -0.05) is 12.8 Å². The second-order valence-electron chi connectivity index (χ2n) is 4.05. The lowest BCUT2D eigenvalue weighted by Crippen LogP contribution is -2.35. The van der Waals surface area contributed by atoms with Gasteiger partial charge in [-0.3, -0.25) is 9.59 Å². The van der Waals surface area contributed by atoms with E-state index in [1.54, 1.807) is 0 Å². The minimum Gasteiger partial charge on any atom is -0.481 e. The van der Waals surface area contributed by atoms with Crippen LogP contribution in [-0.2, 0) is 9.59 Å². The summed E-state index contributed by atoms with van der Waals surface area (Å²) in [5.74, 6) is 0.480. The summed E-state index contributed by atoms with van der Waals surface area (Å²) in [7, 11) is 0. The van der Waals surface area contributed by atoms with E-state index in [4.69, 9.17) is 11.5 Å². The summed E-state index contributed by atoms with van der Waals surface area (Å²) in [6.07, 6.45) is 6.22. The van der Waals surface area contributed by atoms with Crippen LogP contribution in [0.5, 0.6) is 0 Å². The molecule has 15 heavy (non-hydrogen) atoms. The van der Waals surface area contributed by atoms with Crippen molar-refractivity contribution >= 4 is 11.9 Å². The van der Waals surface area contributed by atoms with Crippen LogP contribution in [0.25, 0.3) is 0 Å². The molecular formula is C11H15NO3. The van der Waals surface area contributed by atoms with Crippen molar-refractivity contribution in [1.29, 1.82) is 0 Å². The first-order chi connectivity index (χ1) is 7.06. The van der Waals surface area contributed by atoms with Gasteiger partial charge in [0.15, 0.2) is 0 Å². The third-order valence-electron chi connectivity index (χ3n) is 2.82. The van der Waals surface area contributed by atoms with E-state index in [1.807, 2.05) is 6.92 Å². The fraction of sp³-hybridized carbons (Fsp3) is 0.636. The lowest BCUT2D eigenvalue weighted by molar-refractivity contribution is -0.146. The number of hydrogen-bond acceptors (Lipinski definition) is 2. The van der Waals surface area contributed by atoms with Gasteiger partial charge in [-0.2, -0.15) is 0 Å². The van der Waals surface area contributed by atoms with Gasteiger partial charge < -0.3 is 10.4 Å². The molecule has 1 amide bonds. The van der Waals surface area contributed by atoms with Crippen LogP contribution in [0.1, 0.15) is 19.8 Å². The van der Waals surface area contributed by atoms with Crippen molar-refractivity contribution in [2.24, 2.45) is 17.8 Å². The predicted molar refractivity (Wildman–Crippen MR) is 54.9 cm³/mol. The summed E-state index contributed by atoms with van der Waals surface area (Å²) in [4.78, 5) is 22.5. The lowest BCUT2D eigenvalue weighted by atomic mass is 9.95. The van der Waals surface area contributed by atoms with Gasteiger partial charge in [-0.25, -0.2) is 0 Å². The number of carbonyl (C=O) groups is 2. The molecule has 0 aromatic heterocycles. The zero-order chi connectivity index (χ0) is 11.4. The van der Waals surface area contributed by atoms with Gasteiger partial charge in [0.1, 0.15) is 0 Å². The predicted octanol–water partition coefficient (Wildman–Crippen LogP) is 0.483. The minimum atomic E-state index is -0.889. The van der Waals surface area contributed by atoms with Crippen molar-refractivity contribution in [3.63, 3.8) is 0 Å². The molecule has 0 heterocycles. The van der Waals surface area contributed by atoms with Crippen LogP contribution in [-0.4, -0.2) is 23.5 Å². The zero-order valence-corrected chi connectivity index (χ0v) is 8.69. The third-order valence-corrected chi connectivity index (χ3v) is 2.82. The Morgan fingerprint density at radius 1 is 1.47 bits per heavy atom. The summed E-state index contributed by atoms with van der Waals surface area (Å²) >= 11 is 0. The van der Waals surface area contributed by atoms with Crippen molar-refractivity contribution in [2.45, 2.75) is 19.8 Å². The lowest BCUT2D eigenvalue weighted by Gasteiger charge is -2.14. The monoisotopic (exact) mass is 209 g/mol. The van der Waals surface area contributed by atoms with E-state index in [9.17, 15) is 9.59 Å². The van der Waals surface area contributed by atoms with Crippen LogP contribution in [0.15, 0.2) is 0 Å². The number of amides is 1. The van der Waals surface area contributed by atoms with E-state index in [1.165, 1.54) is 0 Å². The number of terminal acetylenes is 1. The van der Waals surface area contributed by atoms with E-state index in [-0.39, 0.29) is 18.4 Å². The largest absolute Gasteiger partial charge is 0.481 e. The van der Waals surface area contributed by atoms with E-state index >= 15 is 0 Å². The second-order valence-corrected chi connectivity index (χ2v) is 4.05. The van der Waals surface area contributed by atoms with Gasteiger partial charge >= 0.3 is 5.97 Å². The van der Waals surface area contributed by atoms with Crippen molar-refractivity contribution < 1.29 is 14.7 Å². The van der Waals surface area contributed by atoms with Crippen LogP contribution < -0.4 is 5.32 Å². The molecule has 1 rings (SSSR count). The number of carbonyl (C=O) groups excluding carboxylic acids is 1.